The monoisotopic (exact) mass is 324 g/mol. The standard InChI is InChI=1S/C13H16ClF3N2O2/c14-11-7-9(13(15,16)17)8-18-12(11)19-3-1-10(2-4-19)21-6-5-20/h7-8,10,20H,1-6H2. The fraction of sp³-hybridized carbons (Fsp3) is 0.615. The second-order valence-electron chi connectivity index (χ2n) is 4.81. The Morgan fingerprint density at radius 1 is 1.38 bits per heavy atom. The number of nitrogens with zero attached hydrogens (tertiary/aromatic N) is 2. The van der Waals surface area contributed by atoms with Gasteiger partial charge in [0.15, 0.2) is 0 Å². The van der Waals surface area contributed by atoms with Gasteiger partial charge in [0.2, 0.25) is 0 Å². The molecule has 1 fully saturated rings. The topological polar surface area (TPSA) is 45.6 Å². The maximum atomic E-state index is 12.6. The summed E-state index contributed by atoms with van der Waals surface area (Å²) in [6.07, 6.45) is -2.14. The van der Waals surface area contributed by atoms with Gasteiger partial charge in [0.05, 0.1) is 29.9 Å². The van der Waals surface area contributed by atoms with Crippen LogP contribution in [0.2, 0.25) is 5.02 Å². The van der Waals surface area contributed by atoms with Gasteiger partial charge in [-0.2, -0.15) is 13.2 Å². The molecule has 0 radical (unpaired) electrons. The van der Waals surface area contributed by atoms with Crippen LogP contribution in [0.15, 0.2) is 12.3 Å². The van der Waals surface area contributed by atoms with Gasteiger partial charge in [-0.05, 0) is 18.9 Å². The maximum absolute atomic E-state index is 12.6. The minimum atomic E-state index is -4.44. The Bertz CT molecular complexity index is 477. The molecule has 0 unspecified atom stereocenters. The summed E-state index contributed by atoms with van der Waals surface area (Å²) < 4.78 is 43.1. The Balaban J connectivity index is 2.00. The highest BCUT2D eigenvalue weighted by atomic mass is 35.5. The van der Waals surface area contributed by atoms with Crippen LogP contribution in [-0.4, -0.2) is 42.5 Å². The van der Waals surface area contributed by atoms with Gasteiger partial charge in [0, 0.05) is 19.3 Å². The summed E-state index contributed by atoms with van der Waals surface area (Å²) in [7, 11) is 0. The highest BCUT2D eigenvalue weighted by molar-refractivity contribution is 6.33. The molecule has 1 aliphatic rings. The molecule has 8 heteroatoms. The number of ether oxygens (including phenoxy) is 1. The van der Waals surface area contributed by atoms with E-state index in [2.05, 4.69) is 4.98 Å². The minimum Gasteiger partial charge on any atom is -0.394 e. The van der Waals surface area contributed by atoms with Crippen molar-refractivity contribution in [1.82, 2.24) is 4.98 Å². The molecule has 0 spiro atoms. The fourth-order valence-corrected chi connectivity index (χ4v) is 2.56. The molecule has 2 rings (SSSR count). The zero-order valence-corrected chi connectivity index (χ0v) is 12.0. The Kier molecular flexibility index (Phi) is 5.29. The van der Waals surface area contributed by atoms with E-state index in [1.165, 1.54) is 0 Å². The number of alkyl halides is 3. The van der Waals surface area contributed by atoms with Gasteiger partial charge in [-0.1, -0.05) is 11.6 Å². The third-order valence-corrected chi connectivity index (χ3v) is 3.61. The lowest BCUT2D eigenvalue weighted by molar-refractivity contribution is -0.137. The zero-order chi connectivity index (χ0) is 15.5. The van der Waals surface area contributed by atoms with Crippen molar-refractivity contribution < 1.29 is 23.0 Å². The summed E-state index contributed by atoms with van der Waals surface area (Å²) in [6, 6.07) is 0.901. The quantitative estimate of drug-likeness (QED) is 0.925. The number of hydrogen-bond acceptors (Lipinski definition) is 4. The van der Waals surface area contributed by atoms with Crippen molar-refractivity contribution in [3.63, 3.8) is 0 Å². The Hall–Kier alpha value is -1.05. The molecule has 0 saturated carbocycles. The second-order valence-corrected chi connectivity index (χ2v) is 5.22. The fourth-order valence-electron chi connectivity index (χ4n) is 2.27. The molecule has 0 atom stereocenters. The second kappa shape index (κ2) is 6.81. The first kappa shape index (κ1) is 16.3. The lowest BCUT2D eigenvalue weighted by Crippen LogP contribution is -2.38. The van der Waals surface area contributed by atoms with Crippen LogP contribution in [0.1, 0.15) is 18.4 Å². The number of rotatable bonds is 4. The molecule has 1 aromatic heterocycles. The predicted molar refractivity (Wildman–Crippen MR) is 72.5 cm³/mol. The van der Waals surface area contributed by atoms with Gasteiger partial charge in [-0.3, -0.25) is 0 Å². The van der Waals surface area contributed by atoms with E-state index in [1.54, 1.807) is 0 Å². The lowest BCUT2D eigenvalue weighted by Gasteiger charge is -2.33. The normalized spacial score (nSPS) is 17.3. The van der Waals surface area contributed by atoms with Crippen LogP contribution in [0, 0.1) is 0 Å². The number of halogens is 4. The summed E-state index contributed by atoms with van der Waals surface area (Å²) >= 11 is 5.92. The summed E-state index contributed by atoms with van der Waals surface area (Å²) in [5, 5.41) is 8.70. The van der Waals surface area contributed by atoms with Crippen LogP contribution in [0.3, 0.4) is 0 Å². The number of hydrogen-bond donors (Lipinski definition) is 1. The molecule has 1 N–H and O–H groups in total. The number of piperidine rings is 1. The molecule has 0 aromatic carbocycles. The van der Waals surface area contributed by atoms with E-state index in [0.29, 0.717) is 25.5 Å². The predicted octanol–water partition coefficient (Wildman–Crippen LogP) is 2.73. The molecule has 0 amide bonds. The molecule has 0 bridgehead atoms. The summed E-state index contributed by atoms with van der Waals surface area (Å²) in [6.45, 7) is 1.48. The average Bonchev–Trinajstić information content (AvgIpc) is 2.45. The van der Waals surface area contributed by atoms with Gasteiger partial charge in [0.1, 0.15) is 5.82 Å². The first-order valence-electron chi connectivity index (χ1n) is 6.62. The Morgan fingerprint density at radius 2 is 2.05 bits per heavy atom. The van der Waals surface area contributed by atoms with E-state index in [1.807, 2.05) is 4.90 Å². The van der Waals surface area contributed by atoms with Gasteiger partial charge in [0.25, 0.3) is 0 Å². The third-order valence-electron chi connectivity index (χ3n) is 3.34. The Labute approximate surface area is 125 Å². The minimum absolute atomic E-state index is 0.000415. The molecular weight excluding hydrogens is 309 g/mol. The highest BCUT2D eigenvalue weighted by Gasteiger charge is 2.32. The molecule has 21 heavy (non-hydrogen) atoms. The molecule has 0 aliphatic carbocycles. The SMILES string of the molecule is OCCOC1CCN(c2ncc(C(F)(F)F)cc2Cl)CC1. The van der Waals surface area contributed by atoms with Crippen molar-refractivity contribution in [3.8, 4) is 0 Å². The van der Waals surface area contributed by atoms with Crippen molar-refractivity contribution in [2.75, 3.05) is 31.2 Å². The Morgan fingerprint density at radius 3 is 2.57 bits per heavy atom. The van der Waals surface area contributed by atoms with Crippen LogP contribution < -0.4 is 4.90 Å². The molecule has 118 valence electrons. The van der Waals surface area contributed by atoms with Gasteiger partial charge in [-0.15, -0.1) is 0 Å². The van der Waals surface area contributed by atoms with E-state index in [0.717, 1.165) is 25.1 Å². The van der Waals surface area contributed by atoms with Crippen molar-refractivity contribution in [2.24, 2.45) is 0 Å². The zero-order valence-electron chi connectivity index (χ0n) is 11.2. The van der Waals surface area contributed by atoms with E-state index >= 15 is 0 Å². The number of pyridine rings is 1. The van der Waals surface area contributed by atoms with Gasteiger partial charge >= 0.3 is 6.18 Å². The van der Waals surface area contributed by atoms with Crippen molar-refractivity contribution in [3.05, 3.63) is 22.8 Å². The number of aromatic nitrogens is 1. The number of aliphatic hydroxyl groups is 1. The van der Waals surface area contributed by atoms with Crippen LogP contribution in [-0.2, 0) is 10.9 Å². The van der Waals surface area contributed by atoms with Crippen LogP contribution in [0.4, 0.5) is 19.0 Å². The number of anilines is 1. The average molecular weight is 325 g/mol. The smallest absolute Gasteiger partial charge is 0.394 e. The van der Waals surface area contributed by atoms with Crippen molar-refractivity contribution in [1.29, 1.82) is 0 Å². The maximum Gasteiger partial charge on any atom is 0.417 e. The summed E-state index contributed by atoms with van der Waals surface area (Å²) in [4.78, 5) is 5.70. The molecular formula is C13H16ClF3N2O2. The van der Waals surface area contributed by atoms with E-state index in [4.69, 9.17) is 21.4 Å². The summed E-state index contributed by atoms with van der Waals surface area (Å²) in [5.74, 6) is 0.366. The molecule has 4 nitrogen and oxygen atoms in total. The number of aliphatic hydroxyl groups excluding tert-OH is 1. The first-order chi connectivity index (χ1) is 9.91. The molecule has 2 heterocycles. The van der Waals surface area contributed by atoms with Crippen LogP contribution in [0.5, 0.6) is 0 Å². The first-order valence-corrected chi connectivity index (χ1v) is 6.99. The third kappa shape index (κ3) is 4.21. The highest BCUT2D eigenvalue weighted by Crippen LogP contribution is 2.34. The van der Waals surface area contributed by atoms with E-state index in [9.17, 15) is 13.2 Å². The lowest BCUT2D eigenvalue weighted by atomic mass is 10.1. The van der Waals surface area contributed by atoms with Crippen LogP contribution >= 0.6 is 11.6 Å². The van der Waals surface area contributed by atoms with E-state index in [-0.39, 0.29) is 17.7 Å². The van der Waals surface area contributed by atoms with Crippen molar-refractivity contribution in [2.45, 2.75) is 25.1 Å². The molecule has 1 saturated heterocycles. The van der Waals surface area contributed by atoms with Crippen molar-refractivity contribution >= 4 is 17.4 Å². The van der Waals surface area contributed by atoms with Gasteiger partial charge < -0.3 is 14.7 Å². The largest absolute Gasteiger partial charge is 0.417 e. The van der Waals surface area contributed by atoms with E-state index < -0.39 is 11.7 Å². The van der Waals surface area contributed by atoms with Crippen LogP contribution in [0.25, 0.3) is 0 Å². The summed E-state index contributed by atoms with van der Waals surface area (Å²) in [5.41, 5.74) is -0.850. The molecule has 1 aliphatic heterocycles. The molecule has 1 aromatic rings. The van der Waals surface area contributed by atoms with Gasteiger partial charge in [-0.25, -0.2) is 4.98 Å².